The van der Waals surface area contributed by atoms with Gasteiger partial charge in [-0.3, -0.25) is 4.68 Å². The standard InChI is InChI=1S/C11H10ClN5/c1-17-7-9(6-15-17)5-14-11-3-8(4-13)2-10(12)16-11/h2-3,6-7H,5H2,1H3,(H,14,16). The molecule has 0 saturated carbocycles. The van der Waals surface area contributed by atoms with Gasteiger partial charge in [-0.2, -0.15) is 10.4 Å². The summed E-state index contributed by atoms with van der Waals surface area (Å²) in [5, 5.41) is 16.2. The molecule has 0 radical (unpaired) electrons. The van der Waals surface area contributed by atoms with E-state index in [9.17, 15) is 0 Å². The number of pyridine rings is 1. The van der Waals surface area contributed by atoms with E-state index in [0.29, 0.717) is 23.1 Å². The first-order valence-electron chi connectivity index (χ1n) is 4.96. The second-order valence-corrected chi connectivity index (χ2v) is 3.94. The number of nitriles is 1. The van der Waals surface area contributed by atoms with Gasteiger partial charge >= 0.3 is 0 Å². The molecule has 0 aromatic carbocycles. The van der Waals surface area contributed by atoms with Crippen molar-refractivity contribution in [2.75, 3.05) is 5.32 Å². The first-order valence-corrected chi connectivity index (χ1v) is 5.34. The summed E-state index contributed by atoms with van der Waals surface area (Å²) >= 11 is 5.80. The Balaban J connectivity index is 2.09. The summed E-state index contributed by atoms with van der Waals surface area (Å²) in [5.74, 6) is 0.581. The molecule has 0 aliphatic rings. The van der Waals surface area contributed by atoms with Gasteiger partial charge in [0.05, 0.1) is 17.8 Å². The lowest BCUT2D eigenvalue weighted by atomic mass is 10.3. The Kier molecular flexibility index (Phi) is 3.26. The van der Waals surface area contributed by atoms with E-state index in [0.717, 1.165) is 5.56 Å². The molecule has 6 heteroatoms. The Morgan fingerprint density at radius 2 is 2.35 bits per heavy atom. The molecule has 0 amide bonds. The summed E-state index contributed by atoms with van der Waals surface area (Å²) in [6.07, 6.45) is 3.67. The van der Waals surface area contributed by atoms with Crippen LogP contribution in [0.4, 0.5) is 5.82 Å². The van der Waals surface area contributed by atoms with Gasteiger partial charge in [-0.05, 0) is 12.1 Å². The third-order valence-corrected chi connectivity index (χ3v) is 2.35. The molecular formula is C11H10ClN5. The molecule has 0 saturated heterocycles. The van der Waals surface area contributed by atoms with Gasteiger partial charge in [0, 0.05) is 25.4 Å². The Bertz CT molecular complexity index is 569. The zero-order valence-corrected chi connectivity index (χ0v) is 9.94. The minimum atomic E-state index is 0.303. The third kappa shape index (κ3) is 2.95. The van der Waals surface area contributed by atoms with Gasteiger partial charge in [-0.25, -0.2) is 4.98 Å². The van der Waals surface area contributed by atoms with E-state index in [2.05, 4.69) is 15.4 Å². The van der Waals surface area contributed by atoms with Gasteiger partial charge in [-0.15, -0.1) is 0 Å². The van der Waals surface area contributed by atoms with E-state index in [1.54, 1.807) is 16.9 Å². The number of nitrogens with one attached hydrogen (secondary N) is 1. The number of hydrogen-bond acceptors (Lipinski definition) is 4. The highest BCUT2D eigenvalue weighted by Crippen LogP contribution is 2.14. The van der Waals surface area contributed by atoms with Crippen LogP contribution in [-0.2, 0) is 13.6 Å². The average Bonchev–Trinajstić information content (AvgIpc) is 2.72. The summed E-state index contributed by atoms with van der Waals surface area (Å²) in [5.41, 5.74) is 1.52. The van der Waals surface area contributed by atoms with Gasteiger partial charge in [-0.1, -0.05) is 11.6 Å². The summed E-state index contributed by atoms with van der Waals surface area (Å²) in [4.78, 5) is 4.08. The monoisotopic (exact) mass is 247 g/mol. The van der Waals surface area contributed by atoms with Crippen molar-refractivity contribution >= 4 is 17.4 Å². The Morgan fingerprint density at radius 1 is 1.53 bits per heavy atom. The Labute approximate surface area is 104 Å². The summed E-state index contributed by atoms with van der Waals surface area (Å²) < 4.78 is 1.73. The van der Waals surface area contributed by atoms with Crippen LogP contribution in [0.25, 0.3) is 0 Å². The molecule has 0 fully saturated rings. The van der Waals surface area contributed by atoms with Crippen LogP contribution in [0.2, 0.25) is 5.15 Å². The van der Waals surface area contributed by atoms with E-state index in [4.69, 9.17) is 16.9 Å². The summed E-state index contributed by atoms with van der Waals surface area (Å²) in [6.45, 7) is 0.589. The predicted octanol–water partition coefficient (Wildman–Crippen LogP) is 1.95. The predicted molar refractivity (Wildman–Crippen MR) is 64.5 cm³/mol. The molecule has 2 aromatic rings. The van der Waals surface area contributed by atoms with Crippen molar-refractivity contribution < 1.29 is 0 Å². The van der Waals surface area contributed by atoms with Gasteiger partial charge < -0.3 is 5.32 Å². The fraction of sp³-hybridized carbons (Fsp3) is 0.182. The lowest BCUT2D eigenvalue weighted by Crippen LogP contribution is -2.01. The SMILES string of the molecule is Cn1cc(CNc2cc(C#N)cc(Cl)n2)cn1. The molecule has 2 heterocycles. The Morgan fingerprint density at radius 3 is 3.00 bits per heavy atom. The minimum absolute atomic E-state index is 0.303. The van der Waals surface area contributed by atoms with E-state index in [1.165, 1.54) is 6.07 Å². The van der Waals surface area contributed by atoms with Crippen LogP contribution in [0.5, 0.6) is 0 Å². The van der Waals surface area contributed by atoms with Crippen LogP contribution < -0.4 is 5.32 Å². The number of rotatable bonds is 3. The van der Waals surface area contributed by atoms with Crippen LogP contribution in [0, 0.1) is 11.3 Å². The number of aromatic nitrogens is 3. The van der Waals surface area contributed by atoms with Crippen LogP contribution >= 0.6 is 11.6 Å². The van der Waals surface area contributed by atoms with Crippen LogP contribution in [0.15, 0.2) is 24.5 Å². The van der Waals surface area contributed by atoms with Gasteiger partial charge in [0.15, 0.2) is 0 Å². The number of aryl methyl sites for hydroxylation is 1. The quantitative estimate of drug-likeness (QED) is 0.842. The maximum absolute atomic E-state index is 8.80. The van der Waals surface area contributed by atoms with Crippen LogP contribution in [0.3, 0.4) is 0 Å². The maximum Gasteiger partial charge on any atom is 0.132 e. The van der Waals surface area contributed by atoms with Gasteiger partial charge in [0.2, 0.25) is 0 Å². The van der Waals surface area contributed by atoms with Crippen molar-refractivity contribution in [1.29, 1.82) is 5.26 Å². The first-order chi connectivity index (χ1) is 8.17. The number of hydrogen-bond donors (Lipinski definition) is 1. The van der Waals surface area contributed by atoms with Crippen molar-refractivity contribution in [3.8, 4) is 6.07 Å². The maximum atomic E-state index is 8.80. The smallest absolute Gasteiger partial charge is 0.132 e. The molecule has 86 valence electrons. The molecule has 1 N–H and O–H groups in total. The van der Waals surface area contributed by atoms with Crippen molar-refractivity contribution in [2.24, 2.45) is 7.05 Å². The zero-order valence-electron chi connectivity index (χ0n) is 9.18. The molecule has 0 aliphatic heterocycles. The normalized spacial score (nSPS) is 9.94. The molecular weight excluding hydrogens is 238 g/mol. The van der Waals surface area contributed by atoms with E-state index < -0.39 is 0 Å². The highest BCUT2D eigenvalue weighted by molar-refractivity contribution is 6.29. The van der Waals surface area contributed by atoms with Crippen LogP contribution in [-0.4, -0.2) is 14.8 Å². The second-order valence-electron chi connectivity index (χ2n) is 3.55. The fourth-order valence-electron chi connectivity index (χ4n) is 1.41. The summed E-state index contributed by atoms with van der Waals surface area (Å²) in [6, 6.07) is 5.21. The van der Waals surface area contributed by atoms with Crippen molar-refractivity contribution in [3.63, 3.8) is 0 Å². The highest BCUT2D eigenvalue weighted by Gasteiger charge is 2.01. The first kappa shape index (κ1) is 11.4. The minimum Gasteiger partial charge on any atom is -0.366 e. The topological polar surface area (TPSA) is 66.5 Å². The van der Waals surface area contributed by atoms with E-state index in [1.807, 2.05) is 19.3 Å². The highest BCUT2D eigenvalue weighted by atomic mass is 35.5. The molecule has 0 unspecified atom stereocenters. The molecule has 0 bridgehead atoms. The molecule has 0 spiro atoms. The summed E-state index contributed by atoms with van der Waals surface area (Å²) in [7, 11) is 1.86. The van der Waals surface area contributed by atoms with Crippen molar-refractivity contribution in [2.45, 2.75) is 6.54 Å². The van der Waals surface area contributed by atoms with Gasteiger partial charge in [0.1, 0.15) is 11.0 Å². The molecule has 5 nitrogen and oxygen atoms in total. The zero-order chi connectivity index (χ0) is 12.3. The third-order valence-electron chi connectivity index (χ3n) is 2.16. The number of anilines is 1. The lowest BCUT2D eigenvalue weighted by Gasteiger charge is -2.04. The molecule has 17 heavy (non-hydrogen) atoms. The average molecular weight is 248 g/mol. The molecule has 2 aromatic heterocycles. The Hall–Kier alpha value is -2.06. The van der Waals surface area contributed by atoms with E-state index >= 15 is 0 Å². The molecule has 2 rings (SSSR count). The largest absolute Gasteiger partial charge is 0.366 e. The number of nitrogens with zero attached hydrogens (tertiary/aromatic N) is 4. The second kappa shape index (κ2) is 4.85. The van der Waals surface area contributed by atoms with Gasteiger partial charge in [0.25, 0.3) is 0 Å². The van der Waals surface area contributed by atoms with E-state index in [-0.39, 0.29) is 0 Å². The number of halogens is 1. The molecule has 0 aliphatic carbocycles. The lowest BCUT2D eigenvalue weighted by molar-refractivity contribution is 0.767. The van der Waals surface area contributed by atoms with Crippen molar-refractivity contribution in [3.05, 3.63) is 40.8 Å². The van der Waals surface area contributed by atoms with Crippen LogP contribution in [0.1, 0.15) is 11.1 Å². The van der Waals surface area contributed by atoms with Crippen molar-refractivity contribution in [1.82, 2.24) is 14.8 Å². The fourth-order valence-corrected chi connectivity index (χ4v) is 1.62. The molecule has 0 atom stereocenters.